The first-order valence-electron chi connectivity index (χ1n) is 6.27. The van der Waals surface area contributed by atoms with E-state index >= 15 is 0 Å². The molecule has 2 rings (SSSR count). The fourth-order valence-corrected chi connectivity index (χ4v) is 2.41. The Balaban J connectivity index is 2.27. The highest BCUT2D eigenvalue weighted by molar-refractivity contribution is 9.10. The molecule has 0 aliphatic heterocycles. The van der Waals surface area contributed by atoms with Crippen LogP contribution in [-0.2, 0) is 6.54 Å². The Labute approximate surface area is 121 Å². The highest BCUT2D eigenvalue weighted by Gasteiger charge is 2.07. The van der Waals surface area contributed by atoms with Crippen molar-refractivity contribution in [1.82, 2.24) is 9.55 Å². The number of nitrogens with one attached hydrogen (secondary N) is 1. The Hall–Kier alpha value is -1.49. The van der Waals surface area contributed by atoms with Gasteiger partial charge in [0.05, 0.1) is 12.8 Å². The van der Waals surface area contributed by atoms with Gasteiger partial charge in [0.1, 0.15) is 5.75 Å². The third-order valence-corrected chi connectivity index (χ3v) is 3.18. The Morgan fingerprint density at radius 2 is 2.16 bits per heavy atom. The van der Waals surface area contributed by atoms with Gasteiger partial charge in [0.25, 0.3) is 0 Å². The second-order valence-corrected chi connectivity index (χ2v) is 5.32. The van der Waals surface area contributed by atoms with Crippen molar-refractivity contribution in [3.05, 3.63) is 34.6 Å². The predicted molar refractivity (Wildman–Crippen MR) is 81.2 cm³/mol. The van der Waals surface area contributed by atoms with Crippen molar-refractivity contribution in [2.45, 2.75) is 26.8 Å². The van der Waals surface area contributed by atoms with Gasteiger partial charge in [-0.25, -0.2) is 4.98 Å². The molecule has 0 unspecified atom stereocenters. The lowest BCUT2D eigenvalue weighted by Crippen LogP contribution is -2.02. The van der Waals surface area contributed by atoms with E-state index in [9.17, 15) is 0 Å². The monoisotopic (exact) mass is 323 g/mol. The molecule has 0 radical (unpaired) electrons. The second kappa shape index (κ2) is 6.10. The molecular formula is C14H18BrN3O. The number of anilines is 2. The highest BCUT2D eigenvalue weighted by Crippen LogP contribution is 2.26. The molecule has 5 heteroatoms. The number of methoxy groups -OCH3 is 1. The zero-order chi connectivity index (χ0) is 13.8. The van der Waals surface area contributed by atoms with Crippen molar-refractivity contribution >= 4 is 27.6 Å². The number of ether oxygens (including phenoxy) is 1. The summed E-state index contributed by atoms with van der Waals surface area (Å²) in [6.07, 6.45) is 3.13. The van der Waals surface area contributed by atoms with E-state index in [1.165, 1.54) is 0 Å². The zero-order valence-electron chi connectivity index (χ0n) is 11.4. The quantitative estimate of drug-likeness (QED) is 0.899. The Morgan fingerprint density at radius 1 is 1.37 bits per heavy atom. The predicted octanol–water partition coefficient (Wildman–Crippen LogP) is 4.12. The van der Waals surface area contributed by atoms with Crippen LogP contribution in [0.3, 0.4) is 0 Å². The molecule has 1 aromatic heterocycles. The van der Waals surface area contributed by atoms with Gasteiger partial charge in [0.2, 0.25) is 5.95 Å². The Kier molecular flexibility index (Phi) is 4.47. The van der Waals surface area contributed by atoms with Gasteiger partial charge in [-0.2, -0.15) is 0 Å². The summed E-state index contributed by atoms with van der Waals surface area (Å²) in [6.45, 7) is 5.11. The van der Waals surface area contributed by atoms with E-state index in [1.54, 1.807) is 7.11 Å². The summed E-state index contributed by atoms with van der Waals surface area (Å²) in [7, 11) is 1.66. The maximum Gasteiger partial charge on any atom is 0.207 e. The van der Waals surface area contributed by atoms with Gasteiger partial charge < -0.3 is 14.6 Å². The van der Waals surface area contributed by atoms with Gasteiger partial charge in [-0.1, -0.05) is 22.9 Å². The van der Waals surface area contributed by atoms with Crippen LogP contribution in [0.4, 0.5) is 11.6 Å². The van der Waals surface area contributed by atoms with Crippen LogP contribution in [-0.4, -0.2) is 16.7 Å². The molecular weight excluding hydrogens is 306 g/mol. The summed E-state index contributed by atoms with van der Waals surface area (Å²) < 4.78 is 8.36. The number of halogens is 1. The molecule has 0 aliphatic carbocycles. The SMILES string of the molecule is CCCn1cc(C)nc1Nc1cc(Br)cc(OC)c1. The molecule has 19 heavy (non-hydrogen) atoms. The van der Waals surface area contributed by atoms with Crippen LogP contribution in [0.2, 0.25) is 0 Å². The number of nitrogens with zero attached hydrogens (tertiary/aromatic N) is 2. The third-order valence-electron chi connectivity index (χ3n) is 2.72. The molecule has 0 bridgehead atoms. The van der Waals surface area contributed by atoms with Crippen LogP contribution in [0.25, 0.3) is 0 Å². The molecule has 0 fully saturated rings. The molecule has 1 heterocycles. The Morgan fingerprint density at radius 3 is 2.84 bits per heavy atom. The largest absolute Gasteiger partial charge is 0.497 e. The number of rotatable bonds is 5. The molecule has 0 saturated carbocycles. The highest BCUT2D eigenvalue weighted by atomic mass is 79.9. The van der Waals surface area contributed by atoms with E-state index in [0.717, 1.165) is 40.5 Å². The minimum atomic E-state index is 0.808. The lowest BCUT2D eigenvalue weighted by molar-refractivity contribution is 0.415. The van der Waals surface area contributed by atoms with E-state index in [-0.39, 0.29) is 0 Å². The second-order valence-electron chi connectivity index (χ2n) is 4.40. The molecule has 102 valence electrons. The number of hydrogen-bond acceptors (Lipinski definition) is 3. The summed E-state index contributed by atoms with van der Waals surface area (Å²) in [6, 6.07) is 5.88. The fourth-order valence-electron chi connectivity index (χ4n) is 1.94. The average Bonchev–Trinajstić information content (AvgIpc) is 2.69. The summed E-state index contributed by atoms with van der Waals surface area (Å²) in [4.78, 5) is 4.51. The maximum absolute atomic E-state index is 5.26. The molecule has 0 amide bonds. The van der Waals surface area contributed by atoms with Crippen molar-refractivity contribution in [1.29, 1.82) is 0 Å². The fraction of sp³-hybridized carbons (Fsp3) is 0.357. The van der Waals surface area contributed by atoms with Crippen molar-refractivity contribution in [3.63, 3.8) is 0 Å². The number of benzene rings is 1. The van der Waals surface area contributed by atoms with E-state index in [4.69, 9.17) is 4.74 Å². The number of aromatic nitrogens is 2. The molecule has 1 N–H and O–H groups in total. The summed E-state index contributed by atoms with van der Waals surface area (Å²) in [5.74, 6) is 1.67. The lowest BCUT2D eigenvalue weighted by atomic mass is 10.3. The smallest absolute Gasteiger partial charge is 0.207 e. The summed E-state index contributed by atoms with van der Waals surface area (Å²) in [5.41, 5.74) is 1.96. The van der Waals surface area contributed by atoms with Gasteiger partial charge >= 0.3 is 0 Å². The van der Waals surface area contributed by atoms with Crippen LogP contribution in [0, 0.1) is 6.92 Å². The first-order chi connectivity index (χ1) is 9.12. The van der Waals surface area contributed by atoms with Crippen molar-refractivity contribution < 1.29 is 4.74 Å². The standard InChI is InChI=1S/C14H18BrN3O/c1-4-5-18-9-10(2)16-14(18)17-12-6-11(15)7-13(8-12)19-3/h6-9H,4-5H2,1-3H3,(H,16,17). The van der Waals surface area contributed by atoms with E-state index in [0.29, 0.717) is 0 Å². The zero-order valence-corrected chi connectivity index (χ0v) is 13.0. The minimum absolute atomic E-state index is 0.808. The average molecular weight is 324 g/mol. The van der Waals surface area contributed by atoms with Crippen LogP contribution in [0.15, 0.2) is 28.9 Å². The molecule has 0 aliphatic rings. The first-order valence-corrected chi connectivity index (χ1v) is 7.07. The number of imidazole rings is 1. The molecule has 4 nitrogen and oxygen atoms in total. The van der Waals surface area contributed by atoms with Crippen molar-refractivity contribution in [2.75, 3.05) is 12.4 Å². The minimum Gasteiger partial charge on any atom is -0.497 e. The van der Waals surface area contributed by atoms with E-state index < -0.39 is 0 Å². The van der Waals surface area contributed by atoms with Crippen molar-refractivity contribution in [3.8, 4) is 5.75 Å². The van der Waals surface area contributed by atoms with Gasteiger partial charge in [0.15, 0.2) is 0 Å². The van der Waals surface area contributed by atoms with E-state index in [2.05, 4.69) is 43.9 Å². The van der Waals surface area contributed by atoms with Crippen LogP contribution in [0.5, 0.6) is 5.75 Å². The molecule has 0 saturated heterocycles. The van der Waals surface area contributed by atoms with Crippen LogP contribution in [0.1, 0.15) is 19.0 Å². The Bertz CT molecular complexity index is 566. The van der Waals surface area contributed by atoms with Gasteiger partial charge in [-0.3, -0.25) is 0 Å². The maximum atomic E-state index is 5.26. The molecule has 1 aromatic carbocycles. The number of aryl methyl sites for hydroxylation is 2. The van der Waals surface area contributed by atoms with Gasteiger partial charge in [-0.15, -0.1) is 0 Å². The number of hydrogen-bond donors (Lipinski definition) is 1. The topological polar surface area (TPSA) is 39.1 Å². The molecule has 2 aromatic rings. The van der Waals surface area contributed by atoms with Crippen LogP contribution < -0.4 is 10.1 Å². The third kappa shape index (κ3) is 3.50. The normalized spacial score (nSPS) is 10.5. The summed E-state index contributed by atoms with van der Waals surface area (Å²) >= 11 is 3.47. The molecule has 0 atom stereocenters. The van der Waals surface area contributed by atoms with Gasteiger partial charge in [-0.05, 0) is 25.5 Å². The lowest BCUT2D eigenvalue weighted by Gasteiger charge is -2.10. The first kappa shape index (κ1) is 13.9. The van der Waals surface area contributed by atoms with E-state index in [1.807, 2.05) is 25.1 Å². The molecule has 0 spiro atoms. The van der Waals surface area contributed by atoms with Gasteiger partial charge in [0, 0.05) is 29.0 Å². The van der Waals surface area contributed by atoms with Crippen molar-refractivity contribution in [2.24, 2.45) is 0 Å². The summed E-state index contributed by atoms with van der Waals surface area (Å²) in [5, 5.41) is 3.34. The van der Waals surface area contributed by atoms with Crippen LogP contribution >= 0.6 is 15.9 Å².